The van der Waals surface area contributed by atoms with Gasteiger partial charge >= 0.3 is 0 Å². The number of oxazole rings is 1. The van der Waals surface area contributed by atoms with Gasteiger partial charge in [0.05, 0.1) is 19.3 Å². The molecule has 2 heterocycles. The Morgan fingerprint density at radius 3 is 2.63 bits per heavy atom. The Labute approximate surface area is 110 Å². The molecule has 0 saturated carbocycles. The molecular weight excluding hydrogens is 270 g/mol. The highest BCUT2D eigenvalue weighted by atomic mass is 32.2. The number of hydrogen-bond donors (Lipinski definition) is 2. The molecule has 0 aliphatic heterocycles. The fourth-order valence-electron chi connectivity index (χ4n) is 1.61. The number of sulfonamides is 1. The molecule has 2 aromatic heterocycles. The molecule has 0 atom stereocenters. The number of aryl methyl sites for hydroxylation is 2. The van der Waals surface area contributed by atoms with Crippen LogP contribution in [-0.2, 0) is 23.1 Å². The molecule has 2 rings (SSSR count). The van der Waals surface area contributed by atoms with Gasteiger partial charge in [-0.1, -0.05) is 0 Å². The molecule has 8 heteroatoms. The van der Waals surface area contributed by atoms with E-state index in [0.717, 1.165) is 0 Å². The molecule has 0 fully saturated rings. The fraction of sp³-hybridized carbons (Fsp3) is 0.364. The number of aromatic nitrogens is 1. The Bertz CT molecular complexity index is 672. The van der Waals surface area contributed by atoms with Gasteiger partial charge in [0.15, 0.2) is 0 Å². The lowest BCUT2D eigenvalue weighted by atomic mass is 10.4. The van der Waals surface area contributed by atoms with Crippen LogP contribution in [0.2, 0.25) is 0 Å². The monoisotopic (exact) mass is 285 g/mol. The zero-order valence-corrected chi connectivity index (χ0v) is 11.5. The summed E-state index contributed by atoms with van der Waals surface area (Å²) in [6.07, 6.45) is 1.53. The van der Waals surface area contributed by atoms with Gasteiger partial charge in [-0.3, -0.25) is 0 Å². The molecule has 19 heavy (non-hydrogen) atoms. The third-order valence-corrected chi connectivity index (χ3v) is 4.01. The zero-order valence-electron chi connectivity index (χ0n) is 10.6. The van der Waals surface area contributed by atoms with Crippen molar-refractivity contribution in [1.82, 2.24) is 9.71 Å². The third-order valence-electron chi connectivity index (χ3n) is 2.50. The second kappa shape index (κ2) is 5.16. The number of nitrogens with two attached hydrogens (primary N) is 1. The summed E-state index contributed by atoms with van der Waals surface area (Å²) in [6.45, 7) is 3.44. The lowest BCUT2D eigenvalue weighted by Gasteiger charge is -2.02. The van der Waals surface area contributed by atoms with Crippen molar-refractivity contribution in [2.24, 2.45) is 5.73 Å². The molecule has 0 unspecified atom stereocenters. The second-order valence-electron chi connectivity index (χ2n) is 4.03. The Morgan fingerprint density at radius 2 is 2.11 bits per heavy atom. The quantitative estimate of drug-likeness (QED) is 0.841. The van der Waals surface area contributed by atoms with Crippen molar-refractivity contribution in [3.05, 3.63) is 35.4 Å². The first-order chi connectivity index (χ1) is 8.92. The summed E-state index contributed by atoms with van der Waals surface area (Å²) in [5, 5.41) is 0. The van der Waals surface area contributed by atoms with Gasteiger partial charge in [-0.2, -0.15) is 0 Å². The van der Waals surface area contributed by atoms with E-state index in [0.29, 0.717) is 23.2 Å². The van der Waals surface area contributed by atoms with Crippen molar-refractivity contribution in [2.75, 3.05) is 0 Å². The van der Waals surface area contributed by atoms with Crippen LogP contribution in [0.3, 0.4) is 0 Å². The number of nitrogens with one attached hydrogen (secondary N) is 1. The fourth-order valence-corrected chi connectivity index (χ4v) is 2.78. The van der Waals surface area contributed by atoms with E-state index in [2.05, 4.69) is 9.71 Å². The molecule has 0 aliphatic rings. The summed E-state index contributed by atoms with van der Waals surface area (Å²) < 4.78 is 37.0. The Kier molecular flexibility index (Phi) is 3.74. The lowest BCUT2D eigenvalue weighted by molar-refractivity contribution is 0.462. The van der Waals surface area contributed by atoms with Crippen molar-refractivity contribution >= 4 is 10.0 Å². The molecule has 0 amide bonds. The lowest BCUT2D eigenvalue weighted by Crippen LogP contribution is -2.23. The average molecular weight is 285 g/mol. The molecular formula is C11H15N3O4S. The SMILES string of the molecule is Cc1cnc(CNS(=O)(=O)c2cc(CN)oc2C)o1. The highest BCUT2D eigenvalue weighted by Crippen LogP contribution is 2.19. The minimum Gasteiger partial charge on any atom is -0.464 e. The maximum Gasteiger partial charge on any atom is 0.244 e. The molecule has 3 N–H and O–H groups in total. The molecule has 0 bridgehead atoms. The average Bonchev–Trinajstić information content (AvgIpc) is 2.93. The van der Waals surface area contributed by atoms with Gasteiger partial charge in [-0.05, 0) is 13.8 Å². The summed E-state index contributed by atoms with van der Waals surface area (Å²) >= 11 is 0. The van der Waals surface area contributed by atoms with Crippen molar-refractivity contribution in [3.63, 3.8) is 0 Å². The summed E-state index contributed by atoms with van der Waals surface area (Å²) in [4.78, 5) is 4.00. The normalized spacial score (nSPS) is 11.9. The van der Waals surface area contributed by atoms with Crippen molar-refractivity contribution in [3.8, 4) is 0 Å². The Balaban J connectivity index is 2.15. The van der Waals surface area contributed by atoms with Crippen LogP contribution >= 0.6 is 0 Å². The Hall–Kier alpha value is -1.64. The second-order valence-corrected chi connectivity index (χ2v) is 5.76. The first-order valence-electron chi connectivity index (χ1n) is 5.62. The van der Waals surface area contributed by atoms with E-state index in [1.165, 1.54) is 12.3 Å². The van der Waals surface area contributed by atoms with E-state index in [4.69, 9.17) is 14.6 Å². The van der Waals surface area contributed by atoms with Gasteiger partial charge in [-0.15, -0.1) is 0 Å². The topological polar surface area (TPSA) is 111 Å². The van der Waals surface area contributed by atoms with Crippen LogP contribution in [0.15, 0.2) is 26.0 Å². The van der Waals surface area contributed by atoms with Crippen LogP contribution in [-0.4, -0.2) is 13.4 Å². The van der Waals surface area contributed by atoms with Gasteiger partial charge < -0.3 is 14.6 Å². The highest BCUT2D eigenvalue weighted by molar-refractivity contribution is 7.89. The van der Waals surface area contributed by atoms with E-state index in [9.17, 15) is 8.42 Å². The van der Waals surface area contributed by atoms with Crippen LogP contribution < -0.4 is 10.5 Å². The van der Waals surface area contributed by atoms with Gasteiger partial charge in [0.1, 0.15) is 22.2 Å². The van der Waals surface area contributed by atoms with E-state index < -0.39 is 10.0 Å². The standard InChI is InChI=1S/C11H15N3O4S/c1-7-5-13-11(17-7)6-14-19(15,16)10-3-9(4-12)18-8(10)2/h3,5,14H,4,6,12H2,1-2H3. The molecule has 0 aliphatic carbocycles. The largest absolute Gasteiger partial charge is 0.464 e. The molecule has 7 nitrogen and oxygen atoms in total. The van der Waals surface area contributed by atoms with Crippen LogP contribution in [0.4, 0.5) is 0 Å². The van der Waals surface area contributed by atoms with Crippen LogP contribution in [0.5, 0.6) is 0 Å². The first-order valence-corrected chi connectivity index (χ1v) is 7.11. The van der Waals surface area contributed by atoms with Crippen molar-refractivity contribution in [2.45, 2.75) is 31.8 Å². The number of nitrogens with zero attached hydrogens (tertiary/aromatic N) is 1. The first kappa shape index (κ1) is 13.8. The van der Waals surface area contributed by atoms with E-state index >= 15 is 0 Å². The van der Waals surface area contributed by atoms with Gasteiger partial charge in [0.2, 0.25) is 15.9 Å². The zero-order chi connectivity index (χ0) is 14.0. The number of rotatable bonds is 5. The van der Waals surface area contributed by atoms with Gasteiger partial charge in [0, 0.05) is 6.07 Å². The number of furan rings is 1. The predicted molar refractivity (Wildman–Crippen MR) is 66.6 cm³/mol. The minimum absolute atomic E-state index is 0.0151. The maximum absolute atomic E-state index is 12.1. The summed E-state index contributed by atoms with van der Waals surface area (Å²) in [5.74, 6) is 1.65. The van der Waals surface area contributed by atoms with E-state index in [1.807, 2.05) is 0 Å². The molecule has 104 valence electrons. The smallest absolute Gasteiger partial charge is 0.244 e. The summed E-state index contributed by atoms with van der Waals surface area (Å²) in [5.41, 5.74) is 5.41. The summed E-state index contributed by atoms with van der Waals surface area (Å²) in [6, 6.07) is 1.42. The van der Waals surface area contributed by atoms with E-state index in [1.54, 1.807) is 13.8 Å². The number of hydrogen-bond acceptors (Lipinski definition) is 6. The molecule has 0 spiro atoms. The molecule has 0 saturated heterocycles. The molecule has 0 aromatic carbocycles. The van der Waals surface area contributed by atoms with Crippen molar-refractivity contribution in [1.29, 1.82) is 0 Å². The van der Waals surface area contributed by atoms with Crippen LogP contribution in [0.1, 0.15) is 23.2 Å². The minimum atomic E-state index is -3.67. The summed E-state index contributed by atoms with van der Waals surface area (Å²) in [7, 11) is -3.67. The third kappa shape index (κ3) is 3.03. The molecule has 0 radical (unpaired) electrons. The highest BCUT2D eigenvalue weighted by Gasteiger charge is 2.21. The van der Waals surface area contributed by atoms with Crippen LogP contribution in [0.25, 0.3) is 0 Å². The van der Waals surface area contributed by atoms with Gasteiger partial charge in [-0.25, -0.2) is 18.1 Å². The van der Waals surface area contributed by atoms with Gasteiger partial charge in [0.25, 0.3) is 0 Å². The van der Waals surface area contributed by atoms with Crippen LogP contribution in [0, 0.1) is 13.8 Å². The van der Waals surface area contributed by atoms with E-state index in [-0.39, 0.29) is 18.0 Å². The predicted octanol–water partition coefficient (Wildman–Crippen LogP) is 0.822. The Morgan fingerprint density at radius 1 is 1.37 bits per heavy atom. The maximum atomic E-state index is 12.1. The van der Waals surface area contributed by atoms with Crippen molar-refractivity contribution < 1.29 is 17.3 Å². The molecule has 2 aromatic rings.